The third-order valence-electron chi connectivity index (χ3n) is 0.716. The van der Waals surface area contributed by atoms with Gasteiger partial charge < -0.3 is 5.73 Å². The molecule has 0 radical (unpaired) electrons. The van der Waals surface area contributed by atoms with Crippen molar-refractivity contribution in [1.82, 2.24) is 0 Å². The summed E-state index contributed by atoms with van der Waals surface area (Å²) in [5, 5.41) is 0.231. The van der Waals surface area contributed by atoms with Crippen LogP contribution in [0, 0.1) is 0 Å². The van der Waals surface area contributed by atoms with E-state index in [-0.39, 0.29) is 5.16 Å². The van der Waals surface area contributed by atoms with Gasteiger partial charge in [-0.25, -0.2) is 0 Å². The second-order valence-electron chi connectivity index (χ2n) is 1.21. The molecule has 0 aliphatic carbocycles. The number of rotatable bonds is 2. The average molecular weight is 130 g/mol. The first-order valence-corrected chi connectivity index (χ1v) is 2.50. The van der Waals surface area contributed by atoms with Crippen LogP contribution in [-0.4, -0.2) is 0 Å². The largest absolute Gasteiger partial charge is 0.389 e. The van der Waals surface area contributed by atoms with Crippen molar-refractivity contribution in [1.29, 1.82) is 0 Å². The number of halogens is 1. The predicted molar refractivity (Wildman–Crippen MR) is 37.5 cm³/mol. The van der Waals surface area contributed by atoms with Crippen molar-refractivity contribution >= 4 is 11.6 Å². The quantitative estimate of drug-likeness (QED) is 0.446. The van der Waals surface area contributed by atoms with Crippen molar-refractivity contribution in [2.75, 3.05) is 0 Å². The van der Waals surface area contributed by atoms with Crippen LogP contribution < -0.4 is 5.73 Å². The fourth-order valence-corrected chi connectivity index (χ4v) is 0.433. The van der Waals surface area contributed by atoms with Gasteiger partial charge in [-0.3, -0.25) is 0 Å². The molecule has 0 saturated carbocycles. The van der Waals surface area contributed by atoms with E-state index < -0.39 is 0 Å². The molecule has 0 atom stereocenters. The zero-order valence-corrected chi connectivity index (χ0v) is 5.28. The lowest BCUT2D eigenvalue weighted by molar-refractivity contribution is 1.47. The molecule has 0 fully saturated rings. The molecule has 0 bridgehead atoms. The Hall–Kier alpha value is -0.690. The Bertz CT molecular complexity index is 121. The summed E-state index contributed by atoms with van der Waals surface area (Å²) in [6.45, 7) is 6.92. The van der Waals surface area contributed by atoms with Gasteiger partial charge in [0.15, 0.2) is 0 Å². The summed E-state index contributed by atoms with van der Waals surface area (Å²) in [5.74, 6) is 0. The van der Waals surface area contributed by atoms with E-state index in [4.69, 9.17) is 17.3 Å². The summed E-state index contributed by atoms with van der Waals surface area (Å²) < 4.78 is 0. The molecule has 0 unspecified atom stereocenters. The van der Waals surface area contributed by atoms with E-state index in [2.05, 4.69) is 13.2 Å². The van der Waals surface area contributed by atoms with Crippen molar-refractivity contribution < 1.29 is 0 Å². The first kappa shape index (κ1) is 7.31. The van der Waals surface area contributed by atoms with Gasteiger partial charge in [-0.1, -0.05) is 36.9 Å². The van der Waals surface area contributed by atoms with Gasteiger partial charge in [0.1, 0.15) is 5.16 Å². The van der Waals surface area contributed by atoms with E-state index in [1.807, 2.05) is 0 Å². The molecule has 8 heavy (non-hydrogen) atoms. The summed E-state index contributed by atoms with van der Waals surface area (Å²) in [7, 11) is 0. The number of allylic oxidation sites excluding steroid dienone is 3. The molecule has 0 rings (SSSR count). The molecule has 0 heterocycles. The molecule has 0 aromatic heterocycles. The minimum absolute atomic E-state index is 0.231. The Morgan fingerprint density at radius 2 is 1.75 bits per heavy atom. The van der Waals surface area contributed by atoms with Crippen molar-refractivity contribution in [2.24, 2.45) is 5.73 Å². The van der Waals surface area contributed by atoms with Gasteiger partial charge >= 0.3 is 0 Å². The molecule has 44 valence electrons. The SMILES string of the molecule is C=CC(C=C)=C(N)Cl. The summed E-state index contributed by atoms with van der Waals surface area (Å²) in [6, 6.07) is 0. The maximum atomic E-state index is 5.36. The molecule has 0 saturated heterocycles. The van der Waals surface area contributed by atoms with Gasteiger partial charge in [0.25, 0.3) is 0 Å². The lowest BCUT2D eigenvalue weighted by Crippen LogP contribution is -1.90. The standard InChI is InChI=1S/C6H8ClN/c1-3-5(4-2)6(7)8/h3-4H,1-2,8H2. The molecule has 1 nitrogen and oxygen atoms in total. The number of nitrogens with two attached hydrogens (primary N) is 1. The fourth-order valence-electron chi connectivity index (χ4n) is 0.278. The topological polar surface area (TPSA) is 26.0 Å². The lowest BCUT2D eigenvalue weighted by atomic mass is 10.3. The van der Waals surface area contributed by atoms with E-state index in [1.165, 1.54) is 0 Å². The fraction of sp³-hybridized carbons (Fsp3) is 0. The van der Waals surface area contributed by atoms with E-state index in [0.717, 1.165) is 0 Å². The molecular formula is C6H8ClN. The van der Waals surface area contributed by atoms with Crippen LogP contribution in [0.15, 0.2) is 36.0 Å². The summed E-state index contributed by atoms with van der Waals surface area (Å²) in [4.78, 5) is 0. The highest BCUT2D eigenvalue weighted by molar-refractivity contribution is 6.29. The van der Waals surface area contributed by atoms with Crippen LogP contribution in [0.4, 0.5) is 0 Å². The third-order valence-corrected chi connectivity index (χ3v) is 0.934. The predicted octanol–water partition coefficient (Wildman–Crippen LogP) is 1.77. The van der Waals surface area contributed by atoms with E-state index in [0.29, 0.717) is 5.57 Å². The summed E-state index contributed by atoms with van der Waals surface area (Å²) >= 11 is 5.36. The van der Waals surface area contributed by atoms with Crippen LogP contribution >= 0.6 is 11.6 Å². The third kappa shape index (κ3) is 1.85. The van der Waals surface area contributed by atoms with Crippen molar-refractivity contribution in [3.05, 3.63) is 36.0 Å². The monoisotopic (exact) mass is 129 g/mol. The van der Waals surface area contributed by atoms with Gasteiger partial charge in [-0.2, -0.15) is 0 Å². The Kier molecular flexibility index (Phi) is 3.04. The van der Waals surface area contributed by atoms with E-state index in [9.17, 15) is 0 Å². The lowest BCUT2D eigenvalue weighted by Gasteiger charge is -1.90. The molecule has 0 amide bonds. The molecule has 2 N–H and O–H groups in total. The van der Waals surface area contributed by atoms with Gasteiger partial charge in [-0.15, -0.1) is 0 Å². The highest BCUT2D eigenvalue weighted by atomic mass is 35.5. The maximum Gasteiger partial charge on any atom is 0.106 e. The number of hydrogen-bond acceptors (Lipinski definition) is 1. The van der Waals surface area contributed by atoms with Crippen LogP contribution in [0.2, 0.25) is 0 Å². The highest BCUT2D eigenvalue weighted by Gasteiger charge is 1.86. The molecule has 0 spiro atoms. The van der Waals surface area contributed by atoms with Gasteiger partial charge in [0, 0.05) is 5.57 Å². The minimum atomic E-state index is 0.231. The Balaban J connectivity index is 4.30. The normalized spacial score (nSPS) is 7.62. The minimum Gasteiger partial charge on any atom is -0.389 e. The maximum absolute atomic E-state index is 5.36. The Morgan fingerprint density at radius 1 is 1.38 bits per heavy atom. The van der Waals surface area contributed by atoms with Crippen molar-refractivity contribution in [3.8, 4) is 0 Å². The van der Waals surface area contributed by atoms with Crippen LogP contribution in [0.3, 0.4) is 0 Å². The van der Waals surface area contributed by atoms with Crippen LogP contribution in [0.1, 0.15) is 0 Å². The van der Waals surface area contributed by atoms with Crippen LogP contribution in [-0.2, 0) is 0 Å². The molecule has 0 aromatic rings. The highest BCUT2D eigenvalue weighted by Crippen LogP contribution is 2.03. The molecule has 0 aromatic carbocycles. The van der Waals surface area contributed by atoms with Crippen molar-refractivity contribution in [2.45, 2.75) is 0 Å². The average Bonchev–Trinajstić information content (AvgIpc) is 1.69. The second kappa shape index (κ2) is 3.33. The van der Waals surface area contributed by atoms with Crippen LogP contribution in [0.25, 0.3) is 0 Å². The smallest absolute Gasteiger partial charge is 0.106 e. The van der Waals surface area contributed by atoms with Crippen molar-refractivity contribution in [3.63, 3.8) is 0 Å². The zero-order chi connectivity index (χ0) is 6.57. The Morgan fingerprint density at radius 3 is 1.75 bits per heavy atom. The van der Waals surface area contributed by atoms with Gasteiger partial charge in [0.05, 0.1) is 0 Å². The van der Waals surface area contributed by atoms with E-state index >= 15 is 0 Å². The van der Waals surface area contributed by atoms with E-state index in [1.54, 1.807) is 12.2 Å². The summed E-state index contributed by atoms with van der Waals surface area (Å²) in [5.41, 5.74) is 5.83. The molecular weight excluding hydrogens is 122 g/mol. The summed E-state index contributed by atoms with van der Waals surface area (Å²) in [6.07, 6.45) is 3.10. The number of hydrogen-bond donors (Lipinski definition) is 1. The van der Waals surface area contributed by atoms with Crippen LogP contribution in [0.5, 0.6) is 0 Å². The zero-order valence-electron chi connectivity index (χ0n) is 4.52. The first-order valence-electron chi connectivity index (χ1n) is 2.12. The van der Waals surface area contributed by atoms with Gasteiger partial charge in [0.2, 0.25) is 0 Å². The molecule has 0 aliphatic rings. The first-order chi connectivity index (χ1) is 3.72. The molecule has 0 aliphatic heterocycles. The Labute approximate surface area is 54.1 Å². The molecule has 2 heteroatoms. The van der Waals surface area contributed by atoms with Gasteiger partial charge in [-0.05, 0) is 0 Å². The second-order valence-corrected chi connectivity index (χ2v) is 1.62.